The first-order valence-corrected chi connectivity index (χ1v) is 7.31. The second-order valence-corrected chi connectivity index (χ2v) is 5.59. The fourth-order valence-electron chi connectivity index (χ4n) is 2.48. The van der Waals surface area contributed by atoms with Gasteiger partial charge in [0.15, 0.2) is 0 Å². The van der Waals surface area contributed by atoms with E-state index < -0.39 is 0 Å². The normalized spacial score (nSPS) is 10.7. The summed E-state index contributed by atoms with van der Waals surface area (Å²) in [4.78, 5) is 30.4. The van der Waals surface area contributed by atoms with Crippen molar-refractivity contribution in [1.82, 2.24) is 14.5 Å². The van der Waals surface area contributed by atoms with Crippen LogP contribution in [0.3, 0.4) is 0 Å². The lowest BCUT2D eigenvalue weighted by Gasteiger charge is -2.12. The van der Waals surface area contributed by atoms with E-state index in [4.69, 9.17) is 0 Å². The summed E-state index contributed by atoms with van der Waals surface area (Å²) < 4.78 is 1.56. The molecule has 0 radical (unpaired) electrons. The molecule has 3 aromatic rings. The molecule has 0 saturated carbocycles. The number of nitrogens with zero attached hydrogens (tertiary/aromatic N) is 3. The van der Waals surface area contributed by atoms with E-state index in [9.17, 15) is 9.59 Å². The molecule has 3 rings (SSSR count). The average Bonchev–Trinajstić information content (AvgIpc) is 2.57. The molecule has 0 atom stereocenters. The molecule has 0 fully saturated rings. The van der Waals surface area contributed by atoms with E-state index in [2.05, 4.69) is 4.98 Å². The topological polar surface area (TPSA) is 55.2 Å². The Hall–Kier alpha value is -2.95. The molecule has 0 saturated heterocycles. The van der Waals surface area contributed by atoms with Crippen molar-refractivity contribution in [2.45, 2.75) is 6.54 Å². The highest BCUT2D eigenvalue weighted by Gasteiger charge is 2.09. The van der Waals surface area contributed by atoms with Crippen LogP contribution in [-0.2, 0) is 6.54 Å². The molecule has 23 heavy (non-hydrogen) atoms. The van der Waals surface area contributed by atoms with Crippen LogP contribution >= 0.6 is 0 Å². The van der Waals surface area contributed by atoms with E-state index >= 15 is 0 Å². The minimum absolute atomic E-state index is 0.0594. The number of benzene rings is 2. The first-order chi connectivity index (χ1) is 11.1. The number of amides is 1. The van der Waals surface area contributed by atoms with E-state index in [-0.39, 0.29) is 11.5 Å². The highest BCUT2D eigenvalue weighted by molar-refractivity contribution is 5.94. The summed E-state index contributed by atoms with van der Waals surface area (Å²) in [5.41, 5.74) is 2.09. The maximum Gasteiger partial charge on any atom is 0.261 e. The minimum atomic E-state index is -0.0834. The van der Waals surface area contributed by atoms with E-state index in [1.807, 2.05) is 36.4 Å². The Balaban J connectivity index is 1.97. The molecule has 1 amide bonds. The second-order valence-electron chi connectivity index (χ2n) is 5.59. The van der Waals surface area contributed by atoms with Gasteiger partial charge in [-0.05, 0) is 29.8 Å². The number of hydrogen-bond acceptors (Lipinski definition) is 3. The summed E-state index contributed by atoms with van der Waals surface area (Å²) >= 11 is 0. The van der Waals surface area contributed by atoms with Gasteiger partial charge in [0.25, 0.3) is 11.5 Å². The predicted octanol–water partition coefficient (Wildman–Crippen LogP) is 2.15. The van der Waals surface area contributed by atoms with Crippen LogP contribution in [0.1, 0.15) is 15.9 Å². The van der Waals surface area contributed by atoms with Crippen molar-refractivity contribution >= 4 is 16.8 Å². The van der Waals surface area contributed by atoms with Crippen molar-refractivity contribution < 1.29 is 4.79 Å². The van der Waals surface area contributed by atoms with Crippen LogP contribution in [0.25, 0.3) is 10.9 Å². The standard InChI is InChI=1S/C18H17N3O2/c1-20(2)17(22)14-7-5-6-13(10-14)11-21-12-19-16-9-4-3-8-15(16)18(21)23/h3-10,12H,11H2,1-2H3. The molecule has 0 spiro atoms. The van der Waals surface area contributed by atoms with Crippen molar-refractivity contribution in [2.75, 3.05) is 14.1 Å². The zero-order valence-corrected chi connectivity index (χ0v) is 13.1. The molecule has 0 N–H and O–H groups in total. The van der Waals surface area contributed by atoms with Crippen LogP contribution < -0.4 is 5.56 Å². The molecule has 0 aliphatic carbocycles. The fraction of sp³-hybridized carbons (Fsp3) is 0.167. The number of aromatic nitrogens is 2. The highest BCUT2D eigenvalue weighted by atomic mass is 16.2. The van der Waals surface area contributed by atoms with Gasteiger partial charge >= 0.3 is 0 Å². The number of fused-ring (bicyclic) bond motifs is 1. The van der Waals surface area contributed by atoms with Gasteiger partial charge in [0.1, 0.15) is 0 Å². The zero-order chi connectivity index (χ0) is 16.4. The van der Waals surface area contributed by atoms with Crippen LogP contribution in [0, 0.1) is 0 Å². The maximum absolute atomic E-state index is 12.5. The van der Waals surface area contributed by atoms with E-state index in [1.165, 1.54) is 4.90 Å². The number of carbonyl (C=O) groups excluding carboxylic acids is 1. The van der Waals surface area contributed by atoms with E-state index in [1.54, 1.807) is 37.1 Å². The average molecular weight is 307 g/mol. The molecular weight excluding hydrogens is 290 g/mol. The summed E-state index contributed by atoms with van der Waals surface area (Å²) in [6, 6.07) is 14.6. The second kappa shape index (κ2) is 6.04. The summed E-state index contributed by atoms with van der Waals surface area (Å²) in [7, 11) is 3.43. The quantitative estimate of drug-likeness (QED) is 0.745. The molecule has 5 nitrogen and oxygen atoms in total. The Kier molecular flexibility index (Phi) is 3.93. The van der Waals surface area contributed by atoms with Crippen LogP contribution in [0.2, 0.25) is 0 Å². The minimum Gasteiger partial charge on any atom is -0.345 e. The zero-order valence-electron chi connectivity index (χ0n) is 13.1. The summed E-state index contributed by atoms with van der Waals surface area (Å²) in [5.74, 6) is -0.0594. The first-order valence-electron chi connectivity index (χ1n) is 7.31. The monoisotopic (exact) mass is 307 g/mol. The van der Waals surface area contributed by atoms with Gasteiger partial charge in [-0.3, -0.25) is 14.2 Å². The Morgan fingerprint density at radius 1 is 1.13 bits per heavy atom. The van der Waals surface area contributed by atoms with E-state index in [0.29, 0.717) is 23.0 Å². The first kappa shape index (κ1) is 15.0. The number of rotatable bonds is 3. The molecule has 1 heterocycles. The molecule has 0 bridgehead atoms. The highest BCUT2D eigenvalue weighted by Crippen LogP contribution is 2.10. The largest absolute Gasteiger partial charge is 0.345 e. The lowest BCUT2D eigenvalue weighted by molar-refractivity contribution is 0.0827. The van der Waals surface area contributed by atoms with Crippen LogP contribution in [-0.4, -0.2) is 34.5 Å². The molecular formula is C18H17N3O2. The summed E-state index contributed by atoms with van der Waals surface area (Å²) in [6.45, 7) is 0.380. The van der Waals surface area contributed by atoms with Crippen LogP contribution in [0.5, 0.6) is 0 Å². The third kappa shape index (κ3) is 2.99. The Morgan fingerprint density at radius 2 is 1.91 bits per heavy atom. The van der Waals surface area contributed by atoms with Gasteiger partial charge in [-0.2, -0.15) is 0 Å². The number of carbonyl (C=O) groups is 1. The van der Waals surface area contributed by atoms with Crippen LogP contribution in [0.4, 0.5) is 0 Å². The molecule has 0 unspecified atom stereocenters. The van der Waals surface area contributed by atoms with Crippen molar-refractivity contribution in [3.05, 3.63) is 76.3 Å². The molecule has 0 aliphatic heterocycles. The molecule has 116 valence electrons. The Labute approximate surface area is 133 Å². The van der Waals surface area contributed by atoms with Gasteiger partial charge in [-0.15, -0.1) is 0 Å². The van der Waals surface area contributed by atoms with E-state index in [0.717, 1.165) is 5.56 Å². The van der Waals surface area contributed by atoms with Crippen molar-refractivity contribution in [2.24, 2.45) is 0 Å². The Bertz CT molecular complexity index is 929. The summed E-state index contributed by atoms with van der Waals surface area (Å²) in [5, 5.41) is 0.593. The van der Waals surface area contributed by atoms with Gasteiger partial charge in [0.05, 0.1) is 23.8 Å². The number of hydrogen-bond donors (Lipinski definition) is 0. The van der Waals surface area contributed by atoms with Crippen molar-refractivity contribution in [3.8, 4) is 0 Å². The van der Waals surface area contributed by atoms with Gasteiger partial charge in [-0.25, -0.2) is 4.98 Å². The Morgan fingerprint density at radius 3 is 2.70 bits per heavy atom. The van der Waals surface area contributed by atoms with Gasteiger partial charge in [0, 0.05) is 19.7 Å². The third-order valence-corrected chi connectivity index (χ3v) is 3.66. The lowest BCUT2D eigenvalue weighted by Crippen LogP contribution is -2.23. The molecule has 0 aliphatic rings. The van der Waals surface area contributed by atoms with Crippen LogP contribution in [0.15, 0.2) is 59.7 Å². The van der Waals surface area contributed by atoms with Gasteiger partial charge in [-0.1, -0.05) is 24.3 Å². The summed E-state index contributed by atoms with van der Waals surface area (Å²) in [6.07, 6.45) is 1.55. The van der Waals surface area contributed by atoms with Gasteiger partial charge in [0.2, 0.25) is 0 Å². The third-order valence-electron chi connectivity index (χ3n) is 3.66. The SMILES string of the molecule is CN(C)C(=O)c1cccc(Cn2cnc3ccccc3c2=O)c1. The van der Waals surface area contributed by atoms with Crippen molar-refractivity contribution in [3.63, 3.8) is 0 Å². The molecule has 5 heteroatoms. The van der Waals surface area contributed by atoms with Crippen molar-refractivity contribution in [1.29, 1.82) is 0 Å². The predicted molar refractivity (Wildman–Crippen MR) is 89.6 cm³/mol. The smallest absolute Gasteiger partial charge is 0.261 e. The fourth-order valence-corrected chi connectivity index (χ4v) is 2.48. The lowest BCUT2D eigenvalue weighted by atomic mass is 10.1. The number of para-hydroxylation sites is 1. The molecule has 2 aromatic carbocycles. The van der Waals surface area contributed by atoms with Gasteiger partial charge < -0.3 is 4.90 Å². The maximum atomic E-state index is 12.5. The molecule has 1 aromatic heterocycles.